The maximum Gasteiger partial charge on any atom is 0.238 e. The van der Waals surface area contributed by atoms with Crippen LogP contribution in [0, 0.1) is 10.1 Å². The molecule has 0 fully saturated rings. The topological polar surface area (TPSA) is 80.4 Å². The van der Waals surface area contributed by atoms with E-state index in [1.807, 2.05) is 12.2 Å². The summed E-state index contributed by atoms with van der Waals surface area (Å²) in [6.45, 7) is 2.09. The Morgan fingerprint density at radius 3 is 2.22 bits per heavy atom. The van der Waals surface area contributed by atoms with Gasteiger partial charge in [-0.15, -0.1) is 0 Å². The number of aldehydes is 1. The van der Waals surface area contributed by atoms with E-state index in [0.29, 0.717) is 25.7 Å². The number of unbranched alkanes of at least 4 members (excludes halogenated alkanes) is 2. The van der Waals surface area contributed by atoms with E-state index in [1.165, 1.54) is 0 Å². The van der Waals surface area contributed by atoms with Crippen molar-refractivity contribution in [2.45, 2.75) is 70.4 Å². The average Bonchev–Trinajstić information content (AvgIpc) is 2.52. The van der Waals surface area contributed by atoms with Gasteiger partial charge in [0.15, 0.2) is 0 Å². The number of aliphatic hydroxyl groups is 1. The third kappa shape index (κ3) is 12.5. The fraction of sp³-hybridized carbons (Fsp3) is 0.611. The smallest absolute Gasteiger partial charge is 0.238 e. The van der Waals surface area contributed by atoms with E-state index in [4.69, 9.17) is 0 Å². The molecule has 0 saturated carbocycles. The van der Waals surface area contributed by atoms with Gasteiger partial charge in [-0.3, -0.25) is 10.1 Å². The molecule has 0 bridgehead atoms. The zero-order valence-corrected chi connectivity index (χ0v) is 14.0. The molecule has 2 atom stereocenters. The summed E-state index contributed by atoms with van der Waals surface area (Å²) in [4.78, 5) is 20.8. The number of hydrogen-bond donors (Lipinski definition) is 1. The van der Waals surface area contributed by atoms with Crippen molar-refractivity contribution in [2.24, 2.45) is 0 Å². The Hall–Kier alpha value is -1.75. The summed E-state index contributed by atoms with van der Waals surface area (Å²) in [5.74, 6) is 0. The molecule has 0 heterocycles. The van der Waals surface area contributed by atoms with Crippen molar-refractivity contribution in [3.8, 4) is 0 Å². The van der Waals surface area contributed by atoms with Crippen LogP contribution in [0.15, 0.2) is 36.5 Å². The quantitative estimate of drug-likeness (QED) is 0.172. The van der Waals surface area contributed by atoms with E-state index in [2.05, 4.69) is 25.2 Å². The van der Waals surface area contributed by atoms with Crippen molar-refractivity contribution in [1.82, 2.24) is 0 Å². The molecule has 0 saturated heterocycles. The second-order valence-corrected chi connectivity index (χ2v) is 5.40. The fourth-order valence-corrected chi connectivity index (χ4v) is 2.12. The van der Waals surface area contributed by atoms with Crippen molar-refractivity contribution in [1.29, 1.82) is 0 Å². The van der Waals surface area contributed by atoms with Gasteiger partial charge in [0.05, 0.1) is 0 Å². The average molecular weight is 323 g/mol. The molecule has 0 amide bonds. The van der Waals surface area contributed by atoms with E-state index in [1.54, 1.807) is 6.08 Å². The van der Waals surface area contributed by atoms with Crippen LogP contribution < -0.4 is 0 Å². The molecule has 0 rings (SSSR count). The summed E-state index contributed by atoms with van der Waals surface area (Å²) < 4.78 is 0. The third-order valence-electron chi connectivity index (χ3n) is 3.44. The largest absolute Gasteiger partial charge is 0.386 e. The van der Waals surface area contributed by atoms with Crippen molar-refractivity contribution < 1.29 is 14.8 Å². The van der Waals surface area contributed by atoms with Crippen LogP contribution in [0.1, 0.15) is 58.3 Å². The normalized spacial score (nSPS) is 14.7. The molecule has 5 nitrogen and oxygen atoms in total. The molecule has 130 valence electrons. The van der Waals surface area contributed by atoms with Crippen LogP contribution >= 0.6 is 0 Å². The van der Waals surface area contributed by atoms with Gasteiger partial charge in [-0.1, -0.05) is 43.4 Å². The van der Waals surface area contributed by atoms with E-state index >= 15 is 0 Å². The van der Waals surface area contributed by atoms with Gasteiger partial charge < -0.3 is 9.90 Å². The summed E-state index contributed by atoms with van der Waals surface area (Å²) >= 11 is 0. The lowest BCUT2D eigenvalue weighted by molar-refractivity contribution is -0.535. The van der Waals surface area contributed by atoms with Gasteiger partial charge in [0.25, 0.3) is 0 Å². The summed E-state index contributed by atoms with van der Waals surface area (Å²) in [5, 5.41) is 20.9. The minimum Gasteiger partial charge on any atom is -0.386 e. The molecular weight excluding hydrogens is 294 g/mol. The van der Waals surface area contributed by atoms with Crippen molar-refractivity contribution in [3.63, 3.8) is 0 Å². The maximum absolute atomic E-state index is 11.0. The van der Waals surface area contributed by atoms with Gasteiger partial charge in [0.2, 0.25) is 6.04 Å². The first kappa shape index (κ1) is 21.2. The first-order chi connectivity index (χ1) is 11.1. The highest BCUT2D eigenvalue weighted by atomic mass is 16.6. The van der Waals surface area contributed by atoms with Crippen LogP contribution in [0.5, 0.6) is 0 Å². The Labute approximate surface area is 138 Å². The molecule has 0 aliphatic rings. The summed E-state index contributed by atoms with van der Waals surface area (Å²) in [5.41, 5.74) is 0. The molecular formula is C18H29NO4. The molecule has 0 radical (unpaired) electrons. The van der Waals surface area contributed by atoms with Crippen LogP contribution in [0.25, 0.3) is 0 Å². The van der Waals surface area contributed by atoms with E-state index in [-0.39, 0.29) is 6.42 Å². The van der Waals surface area contributed by atoms with E-state index in [0.717, 1.165) is 25.5 Å². The molecule has 2 unspecified atom stereocenters. The Balaban J connectivity index is 4.03. The van der Waals surface area contributed by atoms with Gasteiger partial charge in [-0.2, -0.15) is 0 Å². The van der Waals surface area contributed by atoms with Gasteiger partial charge in [0, 0.05) is 17.8 Å². The zero-order chi connectivity index (χ0) is 17.3. The number of allylic oxidation sites excluding steroid dienone is 5. The second kappa shape index (κ2) is 15.2. The Bertz CT molecular complexity index is 402. The summed E-state index contributed by atoms with van der Waals surface area (Å²) in [6.07, 6.45) is 16.8. The molecule has 0 spiro atoms. The van der Waals surface area contributed by atoms with Crippen molar-refractivity contribution in [2.75, 3.05) is 0 Å². The number of carbonyl (C=O) groups is 1. The van der Waals surface area contributed by atoms with E-state index < -0.39 is 17.1 Å². The minimum absolute atomic E-state index is 0.281. The molecule has 0 aromatic rings. The van der Waals surface area contributed by atoms with Crippen LogP contribution in [0.3, 0.4) is 0 Å². The number of hydrogen-bond acceptors (Lipinski definition) is 4. The predicted molar refractivity (Wildman–Crippen MR) is 92.9 cm³/mol. The standard InChI is InChI=1S/C18H29NO4/c1-2-3-4-5-6-7-8-9-12-15-18(21)17(19(22)23)14-11-10-13-16-20/h3-4,6-7,9,12,16-18,21H,2,5,8,10-11,13-15H2,1H3/b4-3-,7-6-,12-9-. The van der Waals surface area contributed by atoms with Crippen molar-refractivity contribution >= 4 is 6.29 Å². The minimum atomic E-state index is -0.978. The molecule has 1 N–H and O–H groups in total. The van der Waals surface area contributed by atoms with Crippen LogP contribution in [0.4, 0.5) is 0 Å². The Morgan fingerprint density at radius 1 is 1.04 bits per heavy atom. The number of nitrogens with zero attached hydrogens (tertiary/aromatic N) is 1. The van der Waals surface area contributed by atoms with Gasteiger partial charge >= 0.3 is 0 Å². The van der Waals surface area contributed by atoms with Gasteiger partial charge in [-0.05, 0) is 38.5 Å². The molecule has 23 heavy (non-hydrogen) atoms. The first-order valence-corrected chi connectivity index (χ1v) is 8.33. The van der Waals surface area contributed by atoms with Gasteiger partial charge in [-0.25, -0.2) is 0 Å². The molecule has 0 aliphatic heterocycles. The molecule has 0 aliphatic carbocycles. The second-order valence-electron chi connectivity index (χ2n) is 5.40. The number of carbonyl (C=O) groups excluding carboxylic acids is 1. The summed E-state index contributed by atoms with van der Waals surface area (Å²) in [7, 11) is 0. The lowest BCUT2D eigenvalue weighted by Crippen LogP contribution is -2.33. The number of aliphatic hydroxyl groups excluding tert-OH is 1. The van der Waals surface area contributed by atoms with Crippen LogP contribution in [-0.2, 0) is 4.79 Å². The highest BCUT2D eigenvalue weighted by molar-refractivity contribution is 5.48. The van der Waals surface area contributed by atoms with E-state index in [9.17, 15) is 20.0 Å². The number of rotatable bonds is 14. The van der Waals surface area contributed by atoms with Crippen molar-refractivity contribution in [3.05, 3.63) is 46.6 Å². The number of nitro groups is 1. The zero-order valence-electron chi connectivity index (χ0n) is 14.0. The molecule has 0 aromatic carbocycles. The molecule has 0 aromatic heterocycles. The van der Waals surface area contributed by atoms with Crippen LogP contribution in [-0.4, -0.2) is 28.5 Å². The monoisotopic (exact) mass is 323 g/mol. The SMILES string of the molecule is CC/C=C\C/C=C\C/C=C\CC(O)C(CCCCC=O)[N+](=O)[O-]. The Kier molecular flexibility index (Phi) is 14.0. The summed E-state index contributed by atoms with van der Waals surface area (Å²) in [6, 6.07) is -0.957. The third-order valence-corrected chi connectivity index (χ3v) is 3.44. The van der Waals surface area contributed by atoms with Gasteiger partial charge in [0.1, 0.15) is 12.4 Å². The highest BCUT2D eigenvalue weighted by Crippen LogP contribution is 2.13. The fourth-order valence-electron chi connectivity index (χ4n) is 2.12. The Morgan fingerprint density at radius 2 is 1.65 bits per heavy atom. The van der Waals surface area contributed by atoms with Crippen LogP contribution in [0.2, 0.25) is 0 Å². The predicted octanol–water partition coefficient (Wildman–Crippen LogP) is 4.00. The lowest BCUT2D eigenvalue weighted by atomic mass is 10.0. The molecule has 5 heteroatoms. The highest BCUT2D eigenvalue weighted by Gasteiger charge is 2.27. The first-order valence-electron chi connectivity index (χ1n) is 8.33. The maximum atomic E-state index is 11.0. The lowest BCUT2D eigenvalue weighted by Gasteiger charge is -2.14.